The van der Waals surface area contributed by atoms with E-state index in [1.807, 2.05) is 24.3 Å². The number of nitrogens with zero attached hydrogens (tertiary/aromatic N) is 2. The zero-order valence-electron chi connectivity index (χ0n) is 17.6. The molecule has 2 N–H and O–H groups in total. The summed E-state index contributed by atoms with van der Waals surface area (Å²) < 4.78 is 38.2. The highest BCUT2D eigenvalue weighted by molar-refractivity contribution is 7.89. The highest BCUT2D eigenvalue weighted by Crippen LogP contribution is 2.32. The number of guanidine groups is 1. The van der Waals surface area contributed by atoms with Gasteiger partial charge in [-0.05, 0) is 48.2 Å². The lowest BCUT2D eigenvalue weighted by molar-refractivity contribution is 0.174. The Hall–Kier alpha value is -2.78. The maximum atomic E-state index is 12.9. The van der Waals surface area contributed by atoms with Gasteiger partial charge in [-0.15, -0.1) is 0 Å². The average Bonchev–Trinajstić information content (AvgIpc) is 3.28. The summed E-state index contributed by atoms with van der Waals surface area (Å²) in [6.45, 7) is 2.48. The Morgan fingerprint density at radius 3 is 2.42 bits per heavy atom. The van der Waals surface area contributed by atoms with E-state index in [9.17, 15) is 8.42 Å². The van der Waals surface area contributed by atoms with Crippen LogP contribution in [0, 0.1) is 0 Å². The van der Waals surface area contributed by atoms with Gasteiger partial charge in [-0.2, -0.15) is 4.31 Å². The molecule has 0 spiro atoms. The molecule has 1 saturated heterocycles. The van der Waals surface area contributed by atoms with Gasteiger partial charge < -0.3 is 20.1 Å². The number of hydrogen-bond donors (Lipinski definition) is 2. The van der Waals surface area contributed by atoms with Crippen molar-refractivity contribution in [2.45, 2.75) is 37.2 Å². The molecule has 0 unspecified atom stereocenters. The van der Waals surface area contributed by atoms with Crippen molar-refractivity contribution in [2.24, 2.45) is 4.99 Å². The normalized spacial score (nSPS) is 16.9. The molecule has 1 fully saturated rings. The standard InChI is InChI=1S/C22H28N4O4S/c1-23-22(25-15-18-8-9-20-21(13-18)30-16-29-20)24-14-17-6-5-7-19(12-17)31(27,28)26-10-3-2-4-11-26/h5-9,12-13H,2-4,10-11,14-16H2,1H3,(H2,23,24,25). The van der Waals surface area contributed by atoms with E-state index in [-0.39, 0.29) is 6.79 Å². The topological polar surface area (TPSA) is 92.3 Å². The summed E-state index contributed by atoms with van der Waals surface area (Å²) in [6.07, 6.45) is 2.94. The third-order valence-corrected chi connectivity index (χ3v) is 7.33. The molecule has 31 heavy (non-hydrogen) atoms. The van der Waals surface area contributed by atoms with E-state index < -0.39 is 10.0 Å². The maximum absolute atomic E-state index is 12.9. The smallest absolute Gasteiger partial charge is 0.243 e. The van der Waals surface area contributed by atoms with Crippen LogP contribution in [0.15, 0.2) is 52.4 Å². The molecule has 2 aromatic carbocycles. The molecule has 2 heterocycles. The minimum atomic E-state index is -3.44. The van der Waals surface area contributed by atoms with E-state index in [0.717, 1.165) is 41.9 Å². The molecular formula is C22H28N4O4S. The molecule has 0 aromatic heterocycles. The van der Waals surface area contributed by atoms with Gasteiger partial charge in [0.15, 0.2) is 17.5 Å². The fourth-order valence-electron chi connectivity index (χ4n) is 3.71. The van der Waals surface area contributed by atoms with Gasteiger partial charge in [0.1, 0.15) is 0 Å². The number of nitrogens with one attached hydrogen (secondary N) is 2. The van der Waals surface area contributed by atoms with Gasteiger partial charge >= 0.3 is 0 Å². The summed E-state index contributed by atoms with van der Waals surface area (Å²) in [5, 5.41) is 6.50. The first-order valence-electron chi connectivity index (χ1n) is 10.5. The van der Waals surface area contributed by atoms with Crippen LogP contribution in [0.3, 0.4) is 0 Å². The molecule has 0 bridgehead atoms. The third-order valence-electron chi connectivity index (χ3n) is 5.43. The fourth-order valence-corrected chi connectivity index (χ4v) is 5.30. The fraction of sp³-hybridized carbons (Fsp3) is 0.409. The van der Waals surface area contributed by atoms with Crippen LogP contribution in [0.5, 0.6) is 11.5 Å². The minimum absolute atomic E-state index is 0.252. The first kappa shape index (κ1) is 21.5. The summed E-state index contributed by atoms with van der Waals surface area (Å²) in [4.78, 5) is 4.59. The van der Waals surface area contributed by atoms with Crippen LogP contribution in [0.1, 0.15) is 30.4 Å². The van der Waals surface area contributed by atoms with Crippen LogP contribution in [-0.4, -0.2) is 45.6 Å². The first-order chi connectivity index (χ1) is 15.1. The Kier molecular flexibility index (Phi) is 6.62. The minimum Gasteiger partial charge on any atom is -0.454 e. The van der Waals surface area contributed by atoms with Crippen LogP contribution >= 0.6 is 0 Å². The van der Waals surface area contributed by atoms with E-state index in [4.69, 9.17) is 9.47 Å². The molecule has 2 aliphatic rings. The van der Waals surface area contributed by atoms with E-state index in [1.54, 1.807) is 29.6 Å². The third kappa shape index (κ3) is 5.11. The van der Waals surface area contributed by atoms with Crippen LogP contribution < -0.4 is 20.1 Å². The molecule has 9 heteroatoms. The molecule has 0 aliphatic carbocycles. The molecule has 0 radical (unpaired) electrons. The van der Waals surface area contributed by atoms with Gasteiger partial charge in [0.2, 0.25) is 16.8 Å². The van der Waals surface area contributed by atoms with Gasteiger partial charge in [-0.3, -0.25) is 4.99 Å². The summed E-state index contributed by atoms with van der Waals surface area (Å²) in [6, 6.07) is 12.9. The molecule has 166 valence electrons. The lowest BCUT2D eigenvalue weighted by Gasteiger charge is -2.26. The van der Waals surface area contributed by atoms with Crippen LogP contribution in [-0.2, 0) is 23.1 Å². The van der Waals surface area contributed by atoms with Crippen molar-refractivity contribution in [1.82, 2.24) is 14.9 Å². The predicted molar refractivity (Wildman–Crippen MR) is 119 cm³/mol. The number of fused-ring (bicyclic) bond motifs is 1. The lowest BCUT2D eigenvalue weighted by atomic mass is 10.2. The van der Waals surface area contributed by atoms with E-state index in [0.29, 0.717) is 37.0 Å². The second-order valence-corrected chi connectivity index (χ2v) is 9.52. The van der Waals surface area contributed by atoms with Gasteiger partial charge in [-0.25, -0.2) is 8.42 Å². The average molecular weight is 445 g/mol. The van der Waals surface area contributed by atoms with Crippen LogP contribution in [0.2, 0.25) is 0 Å². The van der Waals surface area contributed by atoms with Gasteiger partial charge in [0.05, 0.1) is 4.90 Å². The second kappa shape index (κ2) is 9.57. The van der Waals surface area contributed by atoms with Crippen LogP contribution in [0.4, 0.5) is 0 Å². The Morgan fingerprint density at radius 2 is 1.68 bits per heavy atom. The van der Waals surface area contributed by atoms with Crippen molar-refractivity contribution >= 4 is 16.0 Å². The molecule has 4 rings (SSSR count). The van der Waals surface area contributed by atoms with Crippen molar-refractivity contribution in [2.75, 3.05) is 26.9 Å². The molecular weight excluding hydrogens is 416 g/mol. The number of ether oxygens (including phenoxy) is 2. The zero-order chi connectivity index (χ0) is 21.7. The van der Waals surface area contributed by atoms with Crippen molar-refractivity contribution in [3.8, 4) is 11.5 Å². The predicted octanol–water partition coefficient (Wildman–Crippen LogP) is 2.46. The monoisotopic (exact) mass is 444 g/mol. The van der Waals surface area contributed by atoms with E-state index in [2.05, 4.69) is 15.6 Å². The molecule has 0 amide bonds. The number of aliphatic imine (C=N–C) groups is 1. The Morgan fingerprint density at radius 1 is 0.968 bits per heavy atom. The lowest BCUT2D eigenvalue weighted by Crippen LogP contribution is -2.36. The first-order valence-corrected chi connectivity index (χ1v) is 11.9. The molecule has 8 nitrogen and oxygen atoms in total. The quantitative estimate of drug-likeness (QED) is 0.525. The summed E-state index contributed by atoms with van der Waals surface area (Å²) >= 11 is 0. The van der Waals surface area contributed by atoms with E-state index in [1.165, 1.54) is 0 Å². The van der Waals surface area contributed by atoms with Gasteiger partial charge in [0, 0.05) is 33.2 Å². The largest absolute Gasteiger partial charge is 0.454 e. The number of sulfonamides is 1. The maximum Gasteiger partial charge on any atom is 0.243 e. The van der Waals surface area contributed by atoms with Crippen molar-refractivity contribution in [3.63, 3.8) is 0 Å². The molecule has 0 atom stereocenters. The highest BCUT2D eigenvalue weighted by Gasteiger charge is 2.25. The van der Waals surface area contributed by atoms with Gasteiger partial charge in [-0.1, -0.05) is 24.6 Å². The highest BCUT2D eigenvalue weighted by atomic mass is 32.2. The van der Waals surface area contributed by atoms with Crippen molar-refractivity contribution < 1.29 is 17.9 Å². The Labute approximate surface area is 183 Å². The summed E-state index contributed by atoms with van der Waals surface area (Å²) in [5.74, 6) is 2.13. The SMILES string of the molecule is CN=C(NCc1cccc(S(=O)(=O)N2CCCCC2)c1)NCc1ccc2c(c1)OCO2. The number of piperidine rings is 1. The number of hydrogen-bond acceptors (Lipinski definition) is 5. The van der Waals surface area contributed by atoms with Crippen LogP contribution in [0.25, 0.3) is 0 Å². The number of benzene rings is 2. The Balaban J connectivity index is 1.35. The van der Waals surface area contributed by atoms with Crippen molar-refractivity contribution in [1.29, 1.82) is 0 Å². The van der Waals surface area contributed by atoms with Crippen molar-refractivity contribution in [3.05, 3.63) is 53.6 Å². The summed E-state index contributed by atoms with van der Waals surface area (Å²) in [7, 11) is -1.74. The number of rotatable bonds is 6. The molecule has 0 saturated carbocycles. The molecule has 2 aromatic rings. The second-order valence-electron chi connectivity index (χ2n) is 7.58. The Bertz CT molecular complexity index is 1050. The zero-order valence-corrected chi connectivity index (χ0v) is 18.5. The van der Waals surface area contributed by atoms with Gasteiger partial charge in [0.25, 0.3) is 0 Å². The van der Waals surface area contributed by atoms with E-state index >= 15 is 0 Å². The summed E-state index contributed by atoms with van der Waals surface area (Å²) in [5.41, 5.74) is 1.92. The molecule has 2 aliphatic heterocycles.